The Kier molecular flexibility index (Phi) is 6.05. The van der Waals surface area contributed by atoms with Crippen molar-refractivity contribution >= 4 is 44.0 Å². The van der Waals surface area contributed by atoms with Gasteiger partial charge in [-0.15, -0.1) is 0 Å². The number of hydrogen-bond donors (Lipinski definition) is 4. The number of fused-ring (bicyclic) bond motifs is 1. The Morgan fingerprint density at radius 2 is 2.06 bits per heavy atom. The van der Waals surface area contributed by atoms with Gasteiger partial charge in [-0.05, 0) is 42.5 Å². The lowest BCUT2D eigenvalue weighted by Crippen LogP contribution is -2.12. The van der Waals surface area contributed by atoms with Gasteiger partial charge < -0.3 is 25.9 Å². The SMILES string of the molecule is Nc1nc2c(O)cc(C#CCNc3cccc(NC(=O)CCc4ccco4)c3)cc2s1. The third-order valence-electron chi connectivity index (χ3n) is 4.43. The number of aromatic hydroxyl groups is 1. The third-order valence-corrected chi connectivity index (χ3v) is 5.26. The summed E-state index contributed by atoms with van der Waals surface area (Å²) < 4.78 is 6.04. The fourth-order valence-corrected chi connectivity index (χ4v) is 3.81. The molecule has 0 saturated carbocycles. The summed E-state index contributed by atoms with van der Waals surface area (Å²) in [5, 5.41) is 16.6. The molecule has 0 fully saturated rings. The van der Waals surface area contributed by atoms with Crippen molar-refractivity contribution in [2.45, 2.75) is 12.8 Å². The molecule has 2 aromatic heterocycles. The van der Waals surface area contributed by atoms with Gasteiger partial charge in [0, 0.05) is 29.8 Å². The van der Waals surface area contributed by atoms with Gasteiger partial charge >= 0.3 is 0 Å². The summed E-state index contributed by atoms with van der Waals surface area (Å²) in [5.41, 5.74) is 8.43. The fraction of sp³-hybridized carbons (Fsp3) is 0.130. The number of amides is 1. The molecule has 0 radical (unpaired) electrons. The average molecular weight is 433 g/mol. The van der Waals surface area contributed by atoms with E-state index in [1.54, 1.807) is 12.3 Å². The largest absolute Gasteiger partial charge is 0.506 e. The van der Waals surface area contributed by atoms with Crippen LogP contribution in [0.25, 0.3) is 10.2 Å². The predicted octanol–water partition coefficient (Wildman–Crippen LogP) is 4.21. The number of aryl methyl sites for hydroxylation is 1. The molecule has 0 spiro atoms. The number of furan rings is 1. The van der Waals surface area contributed by atoms with E-state index in [1.807, 2.05) is 42.5 Å². The van der Waals surface area contributed by atoms with Gasteiger partial charge in [-0.1, -0.05) is 29.2 Å². The average Bonchev–Trinajstić information content (AvgIpc) is 3.39. The maximum atomic E-state index is 12.1. The Hall–Kier alpha value is -3.96. The van der Waals surface area contributed by atoms with Crippen molar-refractivity contribution in [3.05, 3.63) is 66.1 Å². The molecular weight excluding hydrogens is 412 g/mol. The number of nitrogens with one attached hydrogen (secondary N) is 2. The second-order valence-electron chi connectivity index (χ2n) is 6.76. The van der Waals surface area contributed by atoms with Crippen molar-refractivity contribution in [3.63, 3.8) is 0 Å². The molecule has 0 unspecified atom stereocenters. The number of hydrogen-bond acceptors (Lipinski definition) is 7. The summed E-state index contributed by atoms with van der Waals surface area (Å²) in [6, 6.07) is 14.5. The molecular formula is C23H20N4O3S. The molecule has 2 aromatic carbocycles. The topological polar surface area (TPSA) is 113 Å². The molecule has 8 heteroatoms. The molecule has 5 N–H and O–H groups in total. The first-order chi connectivity index (χ1) is 15.1. The van der Waals surface area contributed by atoms with Crippen LogP contribution in [0, 0.1) is 11.8 Å². The van der Waals surface area contributed by atoms with Crippen LogP contribution in [0.4, 0.5) is 16.5 Å². The number of phenolic OH excluding ortho intramolecular Hbond substituents is 1. The molecule has 0 bridgehead atoms. The van der Waals surface area contributed by atoms with Crippen LogP contribution < -0.4 is 16.4 Å². The maximum Gasteiger partial charge on any atom is 0.224 e. The van der Waals surface area contributed by atoms with Crippen LogP contribution in [-0.2, 0) is 11.2 Å². The minimum atomic E-state index is -0.0766. The van der Waals surface area contributed by atoms with Crippen LogP contribution in [-0.4, -0.2) is 22.5 Å². The third kappa shape index (κ3) is 5.35. The minimum absolute atomic E-state index is 0.0678. The van der Waals surface area contributed by atoms with Crippen LogP contribution >= 0.6 is 11.3 Å². The summed E-state index contributed by atoms with van der Waals surface area (Å²) >= 11 is 1.31. The monoisotopic (exact) mass is 432 g/mol. The summed E-state index contributed by atoms with van der Waals surface area (Å²) in [7, 11) is 0. The lowest BCUT2D eigenvalue weighted by molar-refractivity contribution is -0.116. The molecule has 156 valence electrons. The summed E-state index contributed by atoms with van der Waals surface area (Å²) in [6.07, 6.45) is 2.50. The number of aromatic nitrogens is 1. The zero-order valence-electron chi connectivity index (χ0n) is 16.5. The number of thiazole rings is 1. The van der Waals surface area contributed by atoms with Crippen LogP contribution in [0.2, 0.25) is 0 Å². The minimum Gasteiger partial charge on any atom is -0.506 e. The molecule has 0 saturated heterocycles. The zero-order valence-corrected chi connectivity index (χ0v) is 17.3. The Morgan fingerprint density at radius 1 is 1.19 bits per heavy atom. The normalized spacial score (nSPS) is 10.5. The van der Waals surface area contributed by atoms with E-state index in [0.717, 1.165) is 16.1 Å². The van der Waals surface area contributed by atoms with Crippen molar-refractivity contribution < 1.29 is 14.3 Å². The highest BCUT2D eigenvalue weighted by Crippen LogP contribution is 2.31. The first-order valence-corrected chi connectivity index (χ1v) is 10.4. The molecule has 0 atom stereocenters. The molecule has 7 nitrogen and oxygen atoms in total. The van der Waals surface area contributed by atoms with E-state index in [0.29, 0.717) is 41.3 Å². The summed E-state index contributed by atoms with van der Waals surface area (Å²) in [6.45, 7) is 0.402. The molecule has 4 aromatic rings. The molecule has 0 aliphatic rings. The Balaban J connectivity index is 1.32. The van der Waals surface area contributed by atoms with Gasteiger partial charge in [-0.3, -0.25) is 4.79 Å². The fourth-order valence-electron chi connectivity index (χ4n) is 3.02. The maximum absolute atomic E-state index is 12.1. The Morgan fingerprint density at radius 3 is 2.90 bits per heavy atom. The number of phenols is 1. The number of carbonyl (C=O) groups is 1. The van der Waals surface area contributed by atoms with Crippen LogP contribution in [0.1, 0.15) is 17.7 Å². The van der Waals surface area contributed by atoms with E-state index in [1.165, 1.54) is 11.3 Å². The predicted molar refractivity (Wildman–Crippen MR) is 123 cm³/mol. The second-order valence-corrected chi connectivity index (χ2v) is 7.82. The number of anilines is 3. The first kappa shape index (κ1) is 20.3. The Labute approximate surface area is 182 Å². The molecule has 0 aliphatic carbocycles. The molecule has 4 rings (SSSR count). The van der Waals surface area contributed by atoms with Gasteiger partial charge in [-0.25, -0.2) is 4.98 Å². The number of benzene rings is 2. The van der Waals surface area contributed by atoms with Gasteiger partial charge in [0.15, 0.2) is 5.13 Å². The van der Waals surface area contributed by atoms with Crippen molar-refractivity contribution in [2.24, 2.45) is 0 Å². The van der Waals surface area contributed by atoms with Crippen LogP contribution in [0.5, 0.6) is 5.75 Å². The van der Waals surface area contributed by atoms with Crippen LogP contribution in [0.3, 0.4) is 0 Å². The highest BCUT2D eigenvalue weighted by molar-refractivity contribution is 7.22. The van der Waals surface area contributed by atoms with E-state index in [-0.39, 0.29) is 11.7 Å². The molecule has 0 aliphatic heterocycles. The van der Waals surface area contributed by atoms with Gasteiger partial charge in [-0.2, -0.15) is 0 Å². The molecule has 1 amide bonds. The van der Waals surface area contributed by atoms with Crippen LogP contribution in [0.15, 0.2) is 59.2 Å². The van der Waals surface area contributed by atoms with E-state index in [4.69, 9.17) is 10.2 Å². The molecule has 31 heavy (non-hydrogen) atoms. The number of nitrogens with zero attached hydrogens (tertiary/aromatic N) is 1. The highest BCUT2D eigenvalue weighted by Gasteiger charge is 2.07. The zero-order chi connectivity index (χ0) is 21.6. The van der Waals surface area contributed by atoms with Gasteiger partial charge in [0.1, 0.15) is 17.0 Å². The lowest BCUT2D eigenvalue weighted by Gasteiger charge is -2.07. The van der Waals surface area contributed by atoms with E-state index < -0.39 is 0 Å². The van der Waals surface area contributed by atoms with Crippen molar-refractivity contribution in [1.29, 1.82) is 0 Å². The highest BCUT2D eigenvalue weighted by atomic mass is 32.1. The van der Waals surface area contributed by atoms with E-state index in [2.05, 4.69) is 27.5 Å². The summed E-state index contributed by atoms with van der Waals surface area (Å²) in [5.74, 6) is 6.83. The van der Waals surface area contributed by atoms with Crippen molar-refractivity contribution in [2.75, 3.05) is 22.9 Å². The first-order valence-electron chi connectivity index (χ1n) is 9.61. The van der Waals surface area contributed by atoms with E-state index >= 15 is 0 Å². The molecule has 2 heterocycles. The summed E-state index contributed by atoms with van der Waals surface area (Å²) in [4.78, 5) is 16.2. The number of nitrogens with two attached hydrogens (primary N) is 1. The standard InChI is InChI=1S/C23H20N4O3S/c24-23-27-22-19(28)12-15(13-20(22)31-23)4-2-10-25-16-5-1-6-17(14-16)26-21(29)9-8-18-7-3-11-30-18/h1,3,5-7,11-14,25,28H,8-10H2,(H2,24,27)(H,26,29). The Bertz CT molecular complexity index is 1270. The van der Waals surface area contributed by atoms with Gasteiger partial charge in [0.25, 0.3) is 0 Å². The van der Waals surface area contributed by atoms with Gasteiger partial charge in [0.2, 0.25) is 5.91 Å². The number of nitrogen functional groups attached to an aromatic ring is 1. The lowest BCUT2D eigenvalue weighted by atomic mass is 10.2. The number of rotatable bonds is 6. The van der Waals surface area contributed by atoms with Crippen molar-refractivity contribution in [1.82, 2.24) is 4.98 Å². The quantitative estimate of drug-likeness (QED) is 0.340. The number of carbonyl (C=O) groups excluding carboxylic acids is 1. The smallest absolute Gasteiger partial charge is 0.224 e. The second kappa shape index (κ2) is 9.24. The van der Waals surface area contributed by atoms with Crippen molar-refractivity contribution in [3.8, 4) is 17.6 Å². The van der Waals surface area contributed by atoms with Gasteiger partial charge in [0.05, 0.1) is 17.5 Å². The van der Waals surface area contributed by atoms with E-state index in [9.17, 15) is 9.90 Å².